The number of nitrogens with one attached hydrogen (secondary N) is 2. The smallest absolute Gasteiger partial charge is 0.255 e. The van der Waals surface area contributed by atoms with Gasteiger partial charge in [0.1, 0.15) is 5.69 Å². The summed E-state index contributed by atoms with van der Waals surface area (Å²) in [6.07, 6.45) is 5.51. The molecule has 0 atom stereocenters. The van der Waals surface area contributed by atoms with E-state index in [1.807, 2.05) is 81.2 Å². The van der Waals surface area contributed by atoms with Crippen LogP contribution in [0, 0.1) is 6.92 Å². The Morgan fingerprint density at radius 3 is 2.43 bits per heavy atom. The van der Waals surface area contributed by atoms with Crippen molar-refractivity contribution >= 4 is 27.3 Å². The van der Waals surface area contributed by atoms with E-state index in [-0.39, 0.29) is 16.9 Å². The third kappa shape index (κ3) is 8.30. The largest absolute Gasteiger partial charge is 0.492 e. The maximum absolute atomic E-state index is 13.8. The van der Waals surface area contributed by atoms with E-state index in [2.05, 4.69) is 25.3 Å². The normalized spacial score (nSPS) is 14.0. The summed E-state index contributed by atoms with van der Waals surface area (Å²) in [4.78, 5) is 16.2. The third-order valence-electron chi connectivity index (χ3n) is 8.83. The number of anilines is 2. The summed E-state index contributed by atoms with van der Waals surface area (Å²) in [6, 6.07) is 18.9. The molecule has 2 aromatic heterocycles. The van der Waals surface area contributed by atoms with E-state index in [0.717, 1.165) is 73.6 Å². The standard InChI is InChI=1S/C37H44N8O5S/c1-25-12-13-26(36(46)39-30-21-27(37(2,3)4)22-31(35(30)49-5)41-51(6,47)48)20-34(25)44-24-32(40-42-44)29-23-38-45(28-10-8-7-9-11-28)33(29)14-15-43-16-18-50-19-17-43/h7-13,20-24,41H,14-19H2,1-6H3,(H,39,46). The number of aromatic nitrogens is 5. The lowest BCUT2D eigenvalue weighted by atomic mass is 9.86. The first kappa shape index (κ1) is 35.8. The fourth-order valence-electron chi connectivity index (χ4n) is 6.06. The molecule has 0 saturated carbocycles. The molecule has 1 amide bonds. The predicted molar refractivity (Wildman–Crippen MR) is 198 cm³/mol. The van der Waals surface area contributed by atoms with Gasteiger partial charge in [0, 0.05) is 37.2 Å². The second-order valence-electron chi connectivity index (χ2n) is 13.7. The number of methoxy groups -OCH3 is 1. The number of rotatable bonds is 11. The molecular formula is C37H44N8O5S. The Labute approximate surface area is 298 Å². The molecule has 0 bridgehead atoms. The quantitative estimate of drug-likeness (QED) is 0.188. The number of nitrogens with zero attached hydrogens (tertiary/aromatic N) is 6. The van der Waals surface area contributed by atoms with Crippen LogP contribution in [0.15, 0.2) is 73.1 Å². The molecule has 13 nitrogen and oxygen atoms in total. The number of aryl methyl sites for hydroxylation is 1. The number of benzene rings is 3. The summed E-state index contributed by atoms with van der Waals surface area (Å²) in [5.41, 5.74) is 6.53. The fraction of sp³-hybridized carbons (Fsp3) is 0.351. The van der Waals surface area contributed by atoms with Gasteiger partial charge in [-0.2, -0.15) is 5.10 Å². The second-order valence-corrected chi connectivity index (χ2v) is 15.4. The molecule has 1 aliphatic rings. The summed E-state index contributed by atoms with van der Waals surface area (Å²) >= 11 is 0. The Balaban J connectivity index is 1.31. The van der Waals surface area contributed by atoms with Gasteiger partial charge in [0.05, 0.1) is 67.4 Å². The van der Waals surface area contributed by atoms with Gasteiger partial charge in [-0.1, -0.05) is 50.3 Å². The van der Waals surface area contributed by atoms with Gasteiger partial charge in [0.15, 0.2) is 5.75 Å². The summed E-state index contributed by atoms with van der Waals surface area (Å²) < 4.78 is 41.7. The van der Waals surface area contributed by atoms with Crippen molar-refractivity contribution in [2.75, 3.05) is 56.3 Å². The van der Waals surface area contributed by atoms with Crippen LogP contribution in [-0.4, -0.2) is 90.2 Å². The van der Waals surface area contributed by atoms with Gasteiger partial charge in [-0.25, -0.2) is 17.8 Å². The van der Waals surface area contributed by atoms with Gasteiger partial charge in [0.25, 0.3) is 5.91 Å². The molecule has 1 aliphatic heterocycles. The van der Waals surface area contributed by atoms with Crippen molar-refractivity contribution in [2.45, 2.75) is 39.5 Å². The molecule has 0 unspecified atom stereocenters. The van der Waals surface area contributed by atoms with Gasteiger partial charge in [0.2, 0.25) is 10.0 Å². The summed E-state index contributed by atoms with van der Waals surface area (Å²) in [5, 5.41) is 16.7. The van der Waals surface area contributed by atoms with Crippen molar-refractivity contribution in [1.29, 1.82) is 0 Å². The lowest BCUT2D eigenvalue weighted by Gasteiger charge is -2.26. The minimum absolute atomic E-state index is 0.204. The molecule has 3 heterocycles. The van der Waals surface area contributed by atoms with E-state index in [1.165, 1.54) is 7.11 Å². The molecule has 6 rings (SSSR count). The number of amides is 1. The van der Waals surface area contributed by atoms with E-state index in [9.17, 15) is 13.2 Å². The first-order chi connectivity index (χ1) is 24.3. The number of para-hydroxylation sites is 1. The average molecular weight is 713 g/mol. The zero-order valence-corrected chi connectivity index (χ0v) is 30.6. The van der Waals surface area contributed by atoms with Crippen LogP contribution in [0.4, 0.5) is 11.4 Å². The van der Waals surface area contributed by atoms with Crippen LogP contribution in [0.1, 0.15) is 48.0 Å². The highest BCUT2D eigenvalue weighted by Gasteiger charge is 2.24. The van der Waals surface area contributed by atoms with Gasteiger partial charge < -0.3 is 14.8 Å². The van der Waals surface area contributed by atoms with E-state index in [0.29, 0.717) is 22.6 Å². The molecular weight excluding hydrogens is 669 g/mol. The van der Waals surface area contributed by atoms with E-state index < -0.39 is 15.9 Å². The molecule has 51 heavy (non-hydrogen) atoms. The van der Waals surface area contributed by atoms with Crippen LogP contribution in [0.25, 0.3) is 22.6 Å². The van der Waals surface area contributed by atoms with E-state index >= 15 is 0 Å². The van der Waals surface area contributed by atoms with Gasteiger partial charge in [-0.05, 0) is 59.9 Å². The Hall–Kier alpha value is -5.05. The van der Waals surface area contributed by atoms with Crippen molar-refractivity contribution in [2.24, 2.45) is 0 Å². The Bertz CT molecular complexity index is 2130. The number of carbonyl (C=O) groups is 1. The van der Waals surface area contributed by atoms with E-state index in [1.54, 1.807) is 28.9 Å². The molecule has 1 fully saturated rings. The molecule has 0 radical (unpaired) electrons. The Kier molecular flexibility index (Phi) is 10.3. The molecule has 0 spiro atoms. The van der Waals surface area contributed by atoms with Gasteiger partial charge >= 0.3 is 0 Å². The fourth-order valence-corrected chi connectivity index (χ4v) is 6.61. The van der Waals surface area contributed by atoms with E-state index in [4.69, 9.17) is 14.6 Å². The first-order valence-electron chi connectivity index (χ1n) is 16.8. The molecule has 1 saturated heterocycles. The molecule has 14 heteroatoms. The van der Waals surface area contributed by atoms with Crippen LogP contribution in [0.3, 0.4) is 0 Å². The number of ether oxygens (including phenoxy) is 2. The van der Waals surface area contributed by atoms with Crippen LogP contribution in [0.5, 0.6) is 5.75 Å². The minimum atomic E-state index is -3.62. The van der Waals surface area contributed by atoms with Gasteiger partial charge in [-0.15, -0.1) is 5.10 Å². The van der Waals surface area contributed by atoms with Crippen LogP contribution < -0.4 is 14.8 Å². The maximum Gasteiger partial charge on any atom is 0.255 e. The van der Waals surface area contributed by atoms with Crippen LogP contribution in [0.2, 0.25) is 0 Å². The Morgan fingerprint density at radius 2 is 1.75 bits per heavy atom. The summed E-state index contributed by atoms with van der Waals surface area (Å²) in [7, 11) is -2.19. The van der Waals surface area contributed by atoms with Gasteiger partial charge in [-0.3, -0.25) is 14.4 Å². The Morgan fingerprint density at radius 1 is 1.02 bits per heavy atom. The minimum Gasteiger partial charge on any atom is -0.492 e. The first-order valence-corrected chi connectivity index (χ1v) is 18.7. The summed E-state index contributed by atoms with van der Waals surface area (Å²) in [5.74, 6) is -0.198. The zero-order valence-electron chi connectivity index (χ0n) is 29.8. The molecule has 0 aliphatic carbocycles. The van der Waals surface area contributed by atoms with Crippen molar-refractivity contribution < 1.29 is 22.7 Å². The van der Waals surface area contributed by atoms with Crippen molar-refractivity contribution in [3.63, 3.8) is 0 Å². The zero-order chi connectivity index (χ0) is 36.3. The molecule has 3 aromatic carbocycles. The number of sulfonamides is 1. The number of carbonyl (C=O) groups excluding carboxylic acids is 1. The molecule has 5 aromatic rings. The van der Waals surface area contributed by atoms with Crippen LogP contribution >= 0.6 is 0 Å². The number of hydrogen-bond donors (Lipinski definition) is 2. The highest BCUT2D eigenvalue weighted by atomic mass is 32.2. The number of morpholine rings is 1. The predicted octanol–water partition coefficient (Wildman–Crippen LogP) is 5.23. The SMILES string of the molecule is COc1c(NC(=O)c2ccc(C)c(-n3cc(-c4cnn(-c5ccccc5)c4CCN4CCOCC4)nn3)c2)cc(C(C)(C)C)cc1NS(C)(=O)=O. The molecule has 2 N–H and O–H groups in total. The highest BCUT2D eigenvalue weighted by Crippen LogP contribution is 2.39. The van der Waals surface area contributed by atoms with Crippen molar-refractivity contribution in [1.82, 2.24) is 29.7 Å². The summed E-state index contributed by atoms with van der Waals surface area (Å²) in [6.45, 7) is 12.0. The maximum atomic E-state index is 13.8. The topological polar surface area (TPSA) is 146 Å². The monoisotopic (exact) mass is 712 g/mol. The van der Waals surface area contributed by atoms with Crippen molar-refractivity contribution in [3.05, 3.63) is 95.4 Å². The average Bonchev–Trinajstić information content (AvgIpc) is 3.75. The lowest BCUT2D eigenvalue weighted by Crippen LogP contribution is -2.37. The number of hydrogen-bond acceptors (Lipinski definition) is 9. The lowest BCUT2D eigenvalue weighted by molar-refractivity contribution is 0.0383. The second kappa shape index (κ2) is 14.7. The van der Waals surface area contributed by atoms with Crippen LogP contribution in [-0.2, 0) is 26.6 Å². The third-order valence-corrected chi connectivity index (χ3v) is 9.42. The van der Waals surface area contributed by atoms with Crippen molar-refractivity contribution in [3.8, 4) is 28.4 Å². The molecule has 268 valence electrons. The highest BCUT2D eigenvalue weighted by molar-refractivity contribution is 7.92.